The van der Waals surface area contributed by atoms with Gasteiger partial charge in [0.05, 0.1) is 0 Å². The van der Waals surface area contributed by atoms with Crippen molar-refractivity contribution in [3.63, 3.8) is 0 Å². The van der Waals surface area contributed by atoms with Gasteiger partial charge in [-0.05, 0) is 23.8 Å². The van der Waals surface area contributed by atoms with Gasteiger partial charge in [0, 0.05) is 42.2 Å². The largest absolute Gasteiger partial charge is 0.396 e. The summed E-state index contributed by atoms with van der Waals surface area (Å²) in [5, 5.41) is 10.2. The highest BCUT2D eigenvalue weighted by Crippen LogP contribution is 2.23. The van der Waals surface area contributed by atoms with Crippen LogP contribution in [0.15, 0.2) is 18.2 Å². The molecule has 0 bridgehead atoms. The van der Waals surface area contributed by atoms with E-state index in [1.54, 1.807) is 6.07 Å². The summed E-state index contributed by atoms with van der Waals surface area (Å²) in [5.41, 5.74) is 1.13. The van der Waals surface area contributed by atoms with Crippen molar-refractivity contribution < 1.29 is 5.11 Å². The highest BCUT2D eigenvalue weighted by molar-refractivity contribution is 6.34. The molecule has 1 N–H and O–H groups in total. The molecule has 2 rings (SSSR count). The van der Waals surface area contributed by atoms with Gasteiger partial charge in [-0.25, -0.2) is 0 Å². The van der Waals surface area contributed by atoms with Crippen LogP contribution in [0.3, 0.4) is 0 Å². The zero-order valence-electron chi connectivity index (χ0n) is 8.29. The Bertz CT molecular complexity index is 330. The molecule has 1 heterocycles. The maximum atomic E-state index is 8.89. The molecule has 4 heteroatoms. The average Bonchev–Trinajstić information content (AvgIpc) is 2.08. The zero-order chi connectivity index (χ0) is 10.8. The van der Waals surface area contributed by atoms with Crippen molar-refractivity contribution in [2.45, 2.75) is 6.54 Å². The van der Waals surface area contributed by atoms with Gasteiger partial charge < -0.3 is 5.11 Å². The number of benzene rings is 1. The number of halogens is 2. The van der Waals surface area contributed by atoms with Crippen LogP contribution < -0.4 is 0 Å². The van der Waals surface area contributed by atoms with E-state index in [9.17, 15) is 0 Å². The summed E-state index contributed by atoms with van der Waals surface area (Å²) >= 11 is 11.8. The fraction of sp³-hybridized carbons (Fsp3) is 0.455. The minimum Gasteiger partial charge on any atom is -0.396 e. The Labute approximate surface area is 99.4 Å². The van der Waals surface area contributed by atoms with Crippen LogP contribution in [-0.4, -0.2) is 29.7 Å². The summed E-state index contributed by atoms with van der Waals surface area (Å²) in [6, 6.07) is 5.60. The molecule has 0 aliphatic carbocycles. The van der Waals surface area contributed by atoms with Crippen LogP contribution in [0, 0.1) is 5.92 Å². The van der Waals surface area contributed by atoms with Crippen molar-refractivity contribution >= 4 is 23.2 Å². The monoisotopic (exact) mass is 245 g/mol. The SMILES string of the molecule is OCC1CN(Cc2cc(Cl)cc(Cl)c2)C1. The molecule has 82 valence electrons. The van der Waals surface area contributed by atoms with Gasteiger partial charge in [0.1, 0.15) is 0 Å². The van der Waals surface area contributed by atoms with Crippen molar-refractivity contribution in [2.24, 2.45) is 5.92 Å². The smallest absolute Gasteiger partial charge is 0.0483 e. The van der Waals surface area contributed by atoms with E-state index in [1.165, 1.54) is 0 Å². The van der Waals surface area contributed by atoms with Crippen molar-refractivity contribution in [1.82, 2.24) is 4.90 Å². The molecule has 1 fully saturated rings. The Hall–Kier alpha value is -0.280. The molecule has 2 nitrogen and oxygen atoms in total. The van der Waals surface area contributed by atoms with Gasteiger partial charge in [0.25, 0.3) is 0 Å². The topological polar surface area (TPSA) is 23.5 Å². The highest BCUT2D eigenvalue weighted by atomic mass is 35.5. The zero-order valence-corrected chi connectivity index (χ0v) is 9.80. The van der Waals surface area contributed by atoms with Crippen molar-refractivity contribution in [2.75, 3.05) is 19.7 Å². The molecule has 0 spiro atoms. The highest BCUT2D eigenvalue weighted by Gasteiger charge is 2.25. The number of hydrogen-bond acceptors (Lipinski definition) is 2. The number of likely N-dealkylation sites (tertiary alicyclic amines) is 1. The first-order valence-corrected chi connectivity index (χ1v) is 5.71. The van der Waals surface area contributed by atoms with Crippen LogP contribution in [0.25, 0.3) is 0 Å². The van der Waals surface area contributed by atoms with Crippen molar-refractivity contribution in [1.29, 1.82) is 0 Å². The first-order valence-electron chi connectivity index (χ1n) is 4.95. The van der Waals surface area contributed by atoms with Crippen molar-refractivity contribution in [3.8, 4) is 0 Å². The molecule has 0 amide bonds. The molecule has 0 aromatic heterocycles. The molecule has 15 heavy (non-hydrogen) atoms. The predicted octanol–water partition coefficient (Wildman–Crippen LogP) is 2.42. The third-order valence-corrected chi connectivity index (χ3v) is 3.06. The lowest BCUT2D eigenvalue weighted by molar-refractivity contribution is 0.0479. The summed E-state index contributed by atoms with van der Waals surface area (Å²) in [7, 11) is 0. The first-order chi connectivity index (χ1) is 7.17. The molecule has 0 saturated carbocycles. The van der Waals surface area contributed by atoms with E-state index in [1.807, 2.05) is 12.1 Å². The molecule has 1 aromatic carbocycles. The molecular formula is C11H13Cl2NO. The van der Waals surface area contributed by atoms with Gasteiger partial charge in [0.15, 0.2) is 0 Å². The summed E-state index contributed by atoms with van der Waals surface area (Å²) < 4.78 is 0. The molecule has 0 atom stereocenters. The third-order valence-electron chi connectivity index (χ3n) is 2.62. The Morgan fingerprint density at radius 3 is 2.33 bits per heavy atom. The number of hydrogen-bond donors (Lipinski definition) is 1. The molecule has 1 aliphatic heterocycles. The van der Waals surface area contributed by atoms with Gasteiger partial charge in [-0.2, -0.15) is 0 Å². The molecule has 1 aromatic rings. The van der Waals surface area contributed by atoms with E-state index >= 15 is 0 Å². The Kier molecular flexibility index (Phi) is 3.52. The Morgan fingerprint density at radius 1 is 1.20 bits per heavy atom. The van der Waals surface area contributed by atoms with E-state index in [0.29, 0.717) is 16.0 Å². The van der Waals surface area contributed by atoms with Crippen LogP contribution in [-0.2, 0) is 6.54 Å². The lowest BCUT2D eigenvalue weighted by Gasteiger charge is -2.38. The summed E-state index contributed by atoms with van der Waals surface area (Å²) in [4.78, 5) is 2.27. The quantitative estimate of drug-likeness (QED) is 0.885. The maximum Gasteiger partial charge on any atom is 0.0483 e. The van der Waals surface area contributed by atoms with Gasteiger partial charge in [0.2, 0.25) is 0 Å². The van der Waals surface area contributed by atoms with Gasteiger partial charge in [-0.15, -0.1) is 0 Å². The van der Waals surface area contributed by atoms with E-state index < -0.39 is 0 Å². The van der Waals surface area contributed by atoms with Crippen LogP contribution in [0.5, 0.6) is 0 Å². The molecule has 0 unspecified atom stereocenters. The fourth-order valence-corrected chi connectivity index (χ4v) is 2.45. The van der Waals surface area contributed by atoms with E-state index in [-0.39, 0.29) is 6.61 Å². The predicted molar refractivity (Wildman–Crippen MR) is 62.3 cm³/mol. The van der Waals surface area contributed by atoms with E-state index in [0.717, 1.165) is 25.2 Å². The molecular weight excluding hydrogens is 233 g/mol. The number of aliphatic hydroxyl groups excluding tert-OH is 1. The second-order valence-electron chi connectivity index (χ2n) is 4.02. The van der Waals surface area contributed by atoms with Gasteiger partial charge in [-0.1, -0.05) is 23.2 Å². The first kappa shape index (κ1) is 11.2. The fourth-order valence-electron chi connectivity index (χ4n) is 1.88. The van der Waals surface area contributed by atoms with Crippen LogP contribution in [0.1, 0.15) is 5.56 Å². The second kappa shape index (κ2) is 4.71. The molecule has 0 radical (unpaired) electrons. The summed E-state index contributed by atoms with van der Waals surface area (Å²) in [6.07, 6.45) is 0. The lowest BCUT2D eigenvalue weighted by Crippen LogP contribution is -2.47. The minimum absolute atomic E-state index is 0.285. The average molecular weight is 246 g/mol. The van der Waals surface area contributed by atoms with E-state index in [4.69, 9.17) is 28.3 Å². The van der Waals surface area contributed by atoms with E-state index in [2.05, 4.69) is 4.90 Å². The Morgan fingerprint density at radius 2 is 1.80 bits per heavy atom. The molecule has 1 saturated heterocycles. The lowest BCUT2D eigenvalue weighted by atomic mass is 10.0. The van der Waals surface area contributed by atoms with Gasteiger partial charge in [-0.3, -0.25) is 4.90 Å². The summed E-state index contributed by atoms with van der Waals surface area (Å²) in [6.45, 7) is 3.06. The number of rotatable bonds is 3. The normalized spacial score (nSPS) is 17.8. The number of aliphatic hydroxyl groups is 1. The molecule has 1 aliphatic rings. The standard InChI is InChI=1S/C11H13Cl2NO/c12-10-1-8(2-11(13)3-10)4-14-5-9(6-14)7-15/h1-3,9,15H,4-7H2. The second-order valence-corrected chi connectivity index (χ2v) is 4.89. The van der Waals surface area contributed by atoms with Crippen molar-refractivity contribution in [3.05, 3.63) is 33.8 Å². The summed E-state index contributed by atoms with van der Waals surface area (Å²) in [5.74, 6) is 0.444. The van der Waals surface area contributed by atoms with Crippen LogP contribution in [0.2, 0.25) is 10.0 Å². The number of nitrogens with zero attached hydrogens (tertiary/aromatic N) is 1. The van der Waals surface area contributed by atoms with Gasteiger partial charge >= 0.3 is 0 Å². The Balaban J connectivity index is 1.94. The third kappa shape index (κ3) is 2.85. The maximum absolute atomic E-state index is 8.89. The minimum atomic E-state index is 0.285. The van der Waals surface area contributed by atoms with Crippen LogP contribution in [0.4, 0.5) is 0 Å². The van der Waals surface area contributed by atoms with Crippen LogP contribution >= 0.6 is 23.2 Å².